The van der Waals surface area contributed by atoms with Gasteiger partial charge in [0.05, 0.1) is 17.2 Å². The van der Waals surface area contributed by atoms with E-state index in [0.29, 0.717) is 12.2 Å². The molecule has 0 spiro atoms. The lowest BCUT2D eigenvalue weighted by atomic mass is 10.1. The van der Waals surface area contributed by atoms with Gasteiger partial charge in [0.1, 0.15) is 5.69 Å². The Morgan fingerprint density at radius 1 is 1.32 bits per heavy atom. The molecule has 1 aromatic rings. The van der Waals surface area contributed by atoms with E-state index in [1.807, 2.05) is 34.6 Å². The van der Waals surface area contributed by atoms with Gasteiger partial charge in [-0.25, -0.2) is 8.42 Å². The zero-order valence-electron chi connectivity index (χ0n) is 14.1. The summed E-state index contributed by atoms with van der Waals surface area (Å²) >= 11 is 0. The van der Waals surface area contributed by atoms with Crippen LogP contribution in [0, 0.1) is 5.92 Å². The van der Waals surface area contributed by atoms with Crippen LogP contribution in [0.2, 0.25) is 0 Å². The molecular weight excluding hydrogens is 302 g/mol. The lowest BCUT2D eigenvalue weighted by Crippen LogP contribution is -2.31. The van der Waals surface area contributed by atoms with Crippen molar-refractivity contribution in [1.82, 2.24) is 15.1 Å². The zero-order chi connectivity index (χ0) is 16.9. The van der Waals surface area contributed by atoms with Crippen molar-refractivity contribution in [3.63, 3.8) is 0 Å². The minimum absolute atomic E-state index is 0.0335. The lowest BCUT2D eigenvalue weighted by Gasteiger charge is -2.08. The number of carbonyl (C=O) groups excluding carboxylic acids is 1. The van der Waals surface area contributed by atoms with E-state index in [0.717, 1.165) is 5.69 Å². The van der Waals surface area contributed by atoms with E-state index < -0.39 is 9.84 Å². The normalized spacial score (nSPS) is 12.1. The van der Waals surface area contributed by atoms with E-state index >= 15 is 0 Å². The van der Waals surface area contributed by atoms with Crippen LogP contribution in [0.5, 0.6) is 0 Å². The van der Waals surface area contributed by atoms with E-state index in [4.69, 9.17) is 0 Å². The summed E-state index contributed by atoms with van der Waals surface area (Å²) in [6, 6.07) is 1.77. The minimum Gasteiger partial charge on any atom is -0.350 e. The van der Waals surface area contributed by atoms with Gasteiger partial charge in [0.15, 0.2) is 9.84 Å². The van der Waals surface area contributed by atoms with Gasteiger partial charge in [-0.3, -0.25) is 9.48 Å². The molecule has 1 amide bonds. The fraction of sp³-hybridized carbons (Fsp3) is 0.733. The second-order valence-corrected chi connectivity index (χ2v) is 8.42. The van der Waals surface area contributed by atoms with Crippen LogP contribution in [0.4, 0.5) is 0 Å². The summed E-state index contributed by atoms with van der Waals surface area (Å²) in [4.78, 5) is 12.2. The Bertz CT molecular complexity index is 604. The van der Waals surface area contributed by atoms with Gasteiger partial charge < -0.3 is 5.32 Å². The lowest BCUT2D eigenvalue weighted by molar-refractivity contribution is 0.0945. The third kappa shape index (κ3) is 5.44. The van der Waals surface area contributed by atoms with E-state index in [9.17, 15) is 13.2 Å². The molecule has 0 unspecified atom stereocenters. The molecule has 1 N–H and O–H groups in total. The minimum atomic E-state index is -3.12. The van der Waals surface area contributed by atoms with E-state index in [1.165, 1.54) is 0 Å². The summed E-state index contributed by atoms with van der Waals surface area (Å²) in [5.41, 5.74) is 1.34. The molecule has 1 heterocycles. The summed E-state index contributed by atoms with van der Waals surface area (Å²) in [6.45, 7) is 10.4. The highest BCUT2D eigenvalue weighted by Crippen LogP contribution is 2.14. The number of aromatic nitrogens is 2. The fourth-order valence-corrected chi connectivity index (χ4v) is 3.74. The van der Waals surface area contributed by atoms with Crippen molar-refractivity contribution in [1.29, 1.82) is 0 Å². The first kappa shape index (κ1) is 18.7. The van der Waals surface area contributed by atoms with Crippen molar-refractivity contribution in [2.24, 2.45) is 5.92 Å². The number of hydrogen-bond donors (Lipinski definition) is 1. The SMILES string of the molecule is CCn1nc(C(C)C)cc1C(=O)NCCS(=O)(=O)CC(C)C. The molecule has 0 aromatic carbocycles. The van der Waals surface area contributed by atoms with Crippen LogP contribution >= 0.6 is 0 Å². The van der Waals surface area contributed by atoms with Gasteiger partial charge in [0.2, 0.25) is 0 Å². The Hall–Kier alpha value is -1.37. The molecule has 0 fully saturated rings. The largest absolute Gasteiger partial charge is 0.350 e. The molecule has 1 aromatic heterocycles. The Balaban J connectivity index is 2.66. The molecule has 0 saturated heterocycles. The first-order chi connectivity index (χ1) is 10.2. The van der Waals surface area contributed by atoms with Gasteiger partial charge in [-0.1, -0.05) is 27.7 Å². The monoisotopic (exact) mass is 329 g/mol. The average molecular weight is 329 g/mol. The maximum Gasteiger partial charge on any atom is 0.269 e. The second kappa shape index (κ2) is 7.76. The molecule has 0 saturated carbocycles. The molecule has 126 valence electrons. The molecule has 0 aliphatic heterocycles. The second-order valence-electron chi connectivity index (χ2n) is 6.19. The summed E-state index contributed by atoms with van der Waals surface area (Å²) in [5, 5.41) is 7.06. The third-order valence-electron chi connectivity index (χ3n) is 3.21. The van der Waals surface area contributed by atoms with Crippen molar-refractivity contribution in [2.75, 3.05) is 18.1 Å². The number of aryl methyl sites for hydroxylation is 1. The highest BCUT2D eigenvalue weighted by atomic mass is 32.2. The molecule has 7 heteroatoms. The summed E-state index contributed by atoms with van der Waals surface area (Å²) < 4.78 is 25.3. The van der Waals surface area contributed by atoms with Crippen LogP contribution in [0.3, 0.4) is 0 Å². The molecule has 0 radical (unpaired) electrons. The Morgan fingerprint density at radius 2 is 1.95 bits per heavy atom. The predicted octanol–water partition coefficient (Wildman–Crippen LogP) is 1.83. The summed E-state index contributed by atoms with van der Waals surface area (Å²) in [6.07, 6.45) is 0. The van der Waals surface area contributed by atoms with Crippen molar-refractivity contribution in [2.45, 2.75) is 47.1 Å². The van der Waals surface area contributed by atoms with Gasteiger partial charge in [0.25, 0.3) is 5.91 Å². The van der Waals surface area contributed by atoms with E-state index in [2.05, 4.69) is 10.4 Å². The quantitative estimate of drug-likeness (QED) is 0.789. The number of carbonyl (C=O) groups is 1. The van der Waals surface area contributed by atoms with Crippen molar-refractivity contribution >= 4 is 15.7 Å². The van der Waals surface area contributed by atoms with Gasteiger partial charge in [-0.05, 0) is 24.8 Å². The first-order valence-electron chi connectivity index (χ1n) is 7.72. The van der Waals surface area contributed by atoms with Crippen molar-refractivity contribution in [3.05, 3.63) is 17.5 Å². The standard InChI is InChI=1S/C15H27N3O3S/c1-6-18-14(9-13(17-18)12(4)5)15(19)16-7-8-22(20,21)10-11(2)3/h9,11-12H,6-8,10H2,1-5H3,(H,16,19). The van der Waals surface area contributed by atoms with Crippen LogP contribution in [-0.4, -0.2) is 42.2 Å². The summed E-state index contributed by atoms with van der Waals surface area (Å²) in [7, 11) is -3.12. The number of nitrogens with one attached hydrogen (secondary N) is 1. The first-order valence-corrected chi connectivity index (χ1v) is 9.54. The van der Waals surface area contributed by atoms with Crippen molar-refractivity contribution < 1.29 is 13.2 Å². The number of amides is 1. The molecule has 0 aliphatic rings. The maximum absolute atomic E-state index is 12.2. The number of hydrogen-bond acceptors (Lipinski definition) is 4. The number of nitrogens with zero attached hydrogens (tertiary/aromatic N) is 2. The van der Waals surface area contributed by atoms with Gasteiger partial charge >= 0.3 is 0 Å². The van der Waals surface area contributed by atoms with Crippen LogP contribution < -0.4 is 5.32 Å². The third-order valence-corrected chi connectivity index (χ3v) is 5.21. The molecule has 6 nitrogen and oxygen atoms in total. The average Bonchev–Trinajstić information content (AvgIpc) is 2.80. The van der Waals surface area contributed by atoms with Crippen LogP contribution in [-0.2, 0) is 16.4 Å². The maximum atomic E-state index is 12.2. The van der Waals surface area contributed by atoms with Crippen LogP contribution in [0.25, 0.3) is 0 Å². The van der Waals surface area contributed by atoms with Gasteiger partial charge in [-0.2, -0.15) is 5.10 Å². The predicted molar refractivity (Wildman–Crippen MR) is 87.8 cm³/mol. The zero-order valence-corrected chi connectivity index (χ0v) is 14.9. The Kier molecular flexibility index (Phi) is 6.59. The van der Waals surface area contributed by atoms with Crippen LogP contribution in [0.15, 0.2) is 6.07 Å². The smallest absolute Gasteiger partial charge is 0.269 e. The van der Waals surface area contributed by atoms with Gasteiger partial charge in [-0.15, -0.1) is 0 Å². The highest BCUT2D eigenvalue weighted by molar-refractivity contribution is 7.91. The van der Waals surface area contributed by atoms with Gasteiger partial charge in [0, 0.05) is 13.1 Å². The molecule has 0 aliphatic carbocycles. The van der Waals surface area contributed by atoms with Crippen molar-refractivity contribution in [3.8, 4) is 0 Å². The Labute approximate surface area is 133 Å². The number of rotatable bonds is 8. The Morgan fingerprint density at radius 3 is 2.45 bits per heavy atom. The topological polar surface area (TPSA) is 81.1 Å². The molecule has 1 rings (SSSR count). The molecular formula is C15H27N3O3S. The fourth-order valence-electron chi connectivity index (χ4n) is 2.14. The van der Waals surface area contributed by atoms with Crippen LogP contribution in [0.1, 0.15) is 56.7 Å². The highest BCUT2D eigenvalue weighted by Gasteiger charge is 2.17. The molecule has 22 heavy (non-hydrogen) atoms. The molecule has 0 bridgehead atoms. The van der Waals surface area contributed by atoms with E-state index in [1.54, 1.807) is 10.7 Å². The molecule has 0 atom stereocenters. The number of sulfone groups is 1. The summed E-state index contributed by atoms with van der Waals surface area (Å²) in [5.74, 6) is 0.171. The van der Waals surface area contributed by atoms with E-state index in [-0.39, 0.29) is 35.8 Å².